The third-order valence-electron chi connectivity index (χ3n) is 5.12. The van der Waals surface area contributed by atoms with Crippen LogP contribution in [0.15, 0.2) is 30.9 Å². The number of pyridine rings is 1. The van der Waals surface area contributed by atoms with Crippen LogP contribution >= 0.6 is 0 Å². The van der Waals surface area contributed by atoms with Crippen molar-refractivity contribution < 1.29 is 9.53 Å². The Morgan fingerprint density at radius 3 is 2.96 bits per heavy atom. The number of imidazole rings is 1. The van der Waals surface area contributed by atoms with E-state index in [-0.39, 0.29) is 5.91 Å². The largest absolute Gasteiger partial charge is 0.379 e. The Morgan fingerprint density at radius 2 is 2.08 bits per heavy atom. The molecule has 0 spiro atoms. The summed E-state index contributed by atoms with van der Waals surface area (Å²) < 4.78 is 7.35. The number of amides is 1. The molecule has 2 fully saturated rings. The van der Waals surface area contributed by atoms with Gasteiger partial charge in [-0.3, -0.25) is 9.69 Å². The second-order valence-electron chi connectivity index (χ2n) is 6.70. The SMILES string of the molecule is O=C(c1ccc2cncn2c1)N1CCCCC1CN1CCOCC1. The summed E-state index contributed by atoms with van der Waals surface area (Å²) in [6.45, 7) is 5.37. The van der Waals surface area contributed by atoms with Crippen molar-refractivity contribution in [3.63, 3.8) is 0 Å². The van der Waals surface area contributed by atoms with Crippen LogP contribution in [0, 0.1) is 0 Å². The number of nitrogens with zero attached hydrogens (tertiary/aromatic N) is 4. The average Bonchev–Trinajstić information content (AvgIpc) is 3.10. The van der Waals surface area contributed by atoms with Crippen molar-refractivity contribution in [2.24, 2.45) is 0 Å². The Hall–Kier alpha value is -1.92. The van der Waals surface area contributed by atoms with Crippen molar-refractivity contribution in [2.45, 2.75) is 25.3 Å². The Bertz CT molecular complexity index is 708. The first-order valence-corrected chi connectivity index (χ1v) is 8.84. The zero-order chi connectivity index (χ0) is 16.4. The summed E-state index contributed by atoms with van der Waals surface area (Å²) in [5.41, 5.74) is 1.75. The third-order valence-corrected chi connectivity index (χ3v) is 5.12. The predicted molar refractivity (Wildman–Crippen MR) is 91.1 cm³/mol. The zero-order valence-corrected chi connectivity index (χ0v) is 13.9. The first-order chi connectivity index (χ1) is 11.8. The number of likely N-dealkylation sites (tertiary alicyclic amines) is 1. The van der Waals surface area contributed by atoms with Gasteiger partial charge in [0.15, 0.2) is 0 Å². The van der Waals surface area contributed by atoms with Crippen LogP contribution in [-0.2, 0) is 4.74 Å². The lowest BCUT2D eigenvalue weighted by Crippen LogP contribution is -2.51. The molecule has 6 heteroatoms. The number of morpholine rings is 1. The Kier molecular flexibility index (Phi) is 4.49. The molecule has 1 atom stereocenters. The van der Waals surface area contributed by atoms with E-state index in [9.17, 15) is 4.79 Å². The molecular formula is C18H24N4O2. The van der Waals surface area contributed by atoms with Crippen molar-refractivity contribution in [2.75, 3.05) is 39.4 Å². The number of fused-ring (bicyclic) bond motifs is 1. The Morgan fingerprint density at radius 1 is 1.21 bits per heavy atom. The predicted octanol–water partition coefficient (Wildman–Crippen LogP) is 1.66. The second-order valence-corrected chi connectivity index (χ2v) is 6.70. The van der Waals surface area contributed by atoms with Crippen molar-refractivity contribution in [3.8, 4) is 0 Å². The third kappa shape index (κ3) is 3.16. The van der Waals surface area contributed by atoms with E-state index < -0.39 is 0 Å². The molecular weight excluding hydrogens is 304 g/mol. The van der Waals surface area contributed by atoms with E-state index in [4.69, 9.17) is 4.74 Å². The molecule has 2 saturated heterocycles. The second kappa shape index (κ2) is 6.91. The molecule has 1 amide bonds. The van der Waals surface area contributed by atoms with Gasteiger partial charge in [-0.2, -0.15) is 0 Å². The van der Waals surface area contributed by atoms with Gasteiger partial charge in [-0.25, -0.2) is 4.98 Å². The monoisotopic (exact) mass is 328 g/mol. The van der Waals surface area contributed by atoms with Gasteiger partial charge in [0, 0.05) is 38.4 Å². The molecule has 0 saturated carbocycles. The van der Waals surface area contributed by atoms with Crippen LogP contribution < -0.4 is 0 Å². The quantitative estimate of drug-likeness (QED) is 0.860. The van der Waals surface area contributed by atoms with Crippen LogP contribution in [0.4, 0.5) is 0 Å². The van der Waals surface area contributed by atoms with Gasteiger partial charge in [0.05, 0.1) is 36.8 Å². The summed E-state index contributed by atoms with van der Waals surface area (Å²) in [5.74, 6) is 0.142. The number of rotatable bonds is 3. The van der Waals surface area contributed by atoms with Gasteiger partial charge < -0.3 is 14.0 Å². The highest BCUT2D eigenvalue weighted by atomic mass is 16.5. The topological polar surface area (TPSA) is 50.1 Å². The molecule has 0 N–H and O–H groups in total. The molecule has 128 valence electrons. The first-order valence-electron chi connectivity index (χ1n) is 8.84. The van der Waals surface area contributed by atoms with Gasteiger partial charge >= 0.3 is 0 Å². The normalized spacial score (nSPS) is 22.8. The van der Waals surface area contributed by atoms with Gasteiger partial charge in [-0.05, 0) is 31.4 Å². The molecule has 1 unspecified atom stereocenters. The van der Waals surface area contributed by atoms with Crippen LogP contribution in [0.3, 0.4) is 0 Å². The number of aromatic nitrogens is 2. The molecule has 6 nitrogen and oxygen atoms in total. The minimum absolute atomic E-state index is 0.142. The number of piperidine rings is 1. The summed E-state index contributed by atoms with van der Waals surface area (Å²) in [4.78, 5) is 21.7. The van der Waals surface area contributed by atoms with E-state index in [2.05, 4.69) is 14.8 Å². The van der Waals surface area contributed by atoms with Gasteiger partial charge in [0.25, 0.3) is 5.91 Å². The highest BCUT2D eigenvalue weighted by Gasteiger charge is 2.29. The van der Waals surface area contributed by atoms with Crippen molar-refractivity contribution in [3.05, 3.63) is 36.4 Å². The lowest BCUT2D eigenvalue weighted by atomic mass is 10.00. The van der Waals surface area contributed by atoms with E-state index in [1.54, 1.807) is 12.5 Å². The summed E-state index contributed by atoms with van der Waals surface area (Å²) in [7, 11) is 0. The van der Waals surface area contributed by atoms with E-state index in [0.717, 1.165) is 63.3 Å². The van der Waals surface area contributed by atoms with Crippen molar-refractivity contribution in [1.29, 1.82) is 0 Å². The minimum atomic E-state index is 0.142. The van der Waals surface area contributed by atoms with Crippen LogP contribution in [0.5, 0.6) is 0 Å². The maximum absolute atomic E-state index is 13.1. The van der Waals surface area contributed by atoms with Crippen LogP contribution in [-0.4, -0.2) is 70.5 Å². The number of ether oxygens (including phenoxy) is 1. The molecule has 4 heterocycles. The van der Waals surface area contributed by atoms with Crippen molar-refractivity contribution in [1.82, 2.24) is 19.2 Å². The van der Waals surface area contributed by atoms with E-state index in [1.165, 1.54) is 6.42 Å². The Labute approximate surface area is 142 Å². The van der Waals surface area contributed by atoms with Crippen LogP contribution in [0.25, 0.3) is 5.52 Å². The van der Waals surface area contributed by atoms with Crippen LogP contribution in [0.1, 0.15) is 29.6 Å². The number of carbonyl (C=O) groups is 1. The summed E-state index contributed by atoms with van der Waals surface area (Å²) in [5, 5.41) is 0. The summed E-state index contributed by atoms with van der Waals surface area (Å²) in [6, 6.07) is 4.18. The molecule has 2 aliphatic heterocycles. The number of hydrogen-bond acceptors (Lipinski definition) is 4. The maximum Gasteiger partial charge on any atom is 0.255 e. The molecule has 2 aromatic heterocycles. The molecule has 0 aromatic carbocycles. The minimum Gasteiger partial charge on any atom is -0.379 e. The van der Waals surface area contributed by atoms with E-state index in [1.807, 2.05) is 22.7 Å². The first kappa shape index (κ1) is 15.6. The van der Waals surface area contributed by atoms with Crippen LogP contribution in [0.2, 0.25) is 0 Å². The van der Waals surface area contributed by atoms with Gasteiger partial charge in [-0.15, -0.1) is 0 Å². The number of hydrogen-bond donors (Lipinski definition) is 0. The van der Waals surface area contributed by atoms with E-state index >= 15 is 0 Å². The molecule has 4 rings (SSSR count). The van der Waals surface area contributed by atoms with Gasteiger partial charge in [0.1, 0.15) is 0 Å². The molecule has 0 radical (unpaired) electrons. The smallest absolute Gasteiger partial charge is 0.255 e. The highest BCUT2D eigenvalue weighted by molar-refractivity contribution is 5.94. The van der Waals surface area contributed by atoms with Gasteiger partial charge in [-0.1, -0.05) is 0 Å². The number of carbonyl (C=O) groups excluding carboxylic acids is 1. The fourth-order valence-corrected chi connectivity index (χ4v) is 3.75. The lowest BCUT2D eigenvalue weighted by Gasteiger charge is -2.39. The van der Waals surface area contributed by atoms with Crippen molar-refractivity contribution >= 4 is 11.4 Å². The highest BCUT2D eigenvalue weighted by Crippen LogP contribution is 2.21. The summed E-state index contributed by atoms with van der Waals surface area (Å²) in [6.07, 6.45) is 8.84. The molecule has 24 heavy (non-hydrogen) atoms. The fraction of sp³-hybridized carbons (Fsp3) is 0.556. The van der Waals surface area contributed by atoms with E-state index in [0.29, 0.717) is 6.04 Å². The van der Waals surface area contributed by atoms with Gasteiger partial charge in [0.2, 0.25) is 0 Å². The molecule has 0 aliphatic carbocycles. The molecule has 0 bridgehead atoms. The molecule has 2 aromatic rings. The standard InChI is InChI=1S/C18H24N4O2/c23-18(15-4-5-16-11-19-14-21(16)12-15)22-6-2-1-3-17(22)13-20-7-9-24-10-8-20/h4-5,11-12,14,17H,1-3,6-10,13H2. The summed E-state index contributed by atoms with van der Waals surface area (Å²) >= 11 is 0. The molecule has 2 aliphatic rings. The Balaban J connectivity index is 1.51. The fourth-order valence-electron chi connectivity index (χ4n) is 3.75. The lowest BCUT2D eigenvalue weighted by molar-refractivity contribution is 0.0166. The maximum atomic E-state index is 13.1. The average molecular weight is 328 g/mol. The zero-order valence-electron chi connectivity index (χ0n) is 13.9.